The first-order chi connectivity index (χ1) is 16.1. The van der Waals surface area contributed by atoms with Gasteiger partial charge in [0.15, 0.2) is 0 Å². The molecule has 2 aromatic carbocycles. The zero-order valence-corrected chi connectivity index (χ0v) is 19.3. The summed E-state index contributed by atoms with van der Waals surface area (Å²) in [6, 6.07) is 18.0. The predicted molar refractivity (Wildman–Crippen MR) is 131 cm³/mol. The molecule has 0 spiro atoms. The van der Waals surface area contributed by atoms with Crippen molar-refractivity contribution in [2.24, 2.45) is 5.92 Å². The summed E-state index contributed by atoms with van der Waals surface area (Å²) in [4.78, 5) is 22.3. The van der Waals surface area contributed by atoms with Crippen LogP contribution in [0.1, 0.15) is 11.1 Å². The lowest BCUT2D eigenvalue weighted by Crippen LogP contribution is -2.61. The van der Waals surface area contributed by atoms with Crippen molar-refractivity contribution in [2.45, 2.75) is 19.0 Å². The molecule has 33 heavy (non-hydrogen) atoms. The summed E-state index contributed by atoms with van der Waals surface area (Å²) in [7, 11) is 1.68. The molecule has 1 saturated heterocycles. The van der Waals surface area contributed by atoms with Gasteiger partial charge in [0.25, 0.3) is 0 Å². The molecule has 0 saturated carbocycles. The molecule has 1 fully saturated rings. The van der Waals surface area contributed by atoms with Gasteiger partial charge in [-0.2, -0.15) is 0 Å². The molecule has 0 radical (unpaired) electrons. The molecule has 3 aromatic rings. The fourth-order valence-corrected chi connectivity index (χ4v) is 5.18. The molecule has 6 nitrogen and oxygen atoms in total. The van der Waals surface area contributed by atoms with Crippen molar-refractivity contribution < 1.29 is 9.53 Å². The normalized spacial score (nSPS) is 19.5. The monoisotopic (exact) mass is 462 g/mol. The average Bonchev–Trinajstić information content (AvgIpc) is 2.87. The largest absolute Gasteiger partial charge is 0.495 e. The predicted octanol–water partition coefficient (Wildman–Crippen LogP) is 3.93. The van der Waals surface area contributed by atoms with Gasteiger partial charge in [-0.15, -0.1) is 0 Å². The summed E-state index contributed by atoms with van der Waals surface area (Å²) in [6.45, 7) is 2.84. The number of fused-ring (bicyclic) bond motifs is 3. The van der Waals surface area contributed by atoms with Crippen LogP contribution in [-0.2, 0) is 17.8 Å². The van der Waals surface area contributed by atoms with Crippen LogP contribution in [0, 0.1) is 5.92 Å². The molecular weight excluding hydrogens is 436 g/mol. The number of pyridine rings is 1. The molecule has 2 aliphatic heterocycles. The fourth-order valence-electron chi connectivity index (χ4n) is 5.01. The van der Waals surface area contributed by atoms with Gasteiger partial charge in [0.1, 0.15) is 5.75 Å². The quantitative estimate of drug-likeness (QED) is 0.622. The van der Waals surface area contributed by atoms with E-state index < -0.39 is 0 Å². The standard InChI is InChI=1S/C26H27ClN4O2/c1-33-25-9-8-20(27)14-23(25)30-11-12-31-22-7-3-2-6-19(22)13-21(24(31)17-30)26(32)29-16-18-5-4-10-28-15-18/h2-10,14-15,21,24H,11-13,16-17H2,1H3,(H,29,32)/t21-,24+/m0/s1. The maximum absolute atomic E-state index is 13.4. The van der Waals surface area contributed by atoms with Crippen molar-refractivity contribution in [3.05, 3.63) is 83.1 Å². The second-order valence-electron chi connectivity index (χ2n) is 8.54. The number of hydrogen-bond donors (Lipinski definition) is 1. The molecule has 2 atom stereocenters. The summed E-state index contributed by atoms with van der Waals surface area (Å²) in [5.41, 5.74) is 4.42. The Morgan fingerprint density at radius 3 is 2.85 bits per heavy atom. The van der Waals surface area contributed by atoms with Crippen LogP contribution in [0.2, 0.25) is 5.02 Å². The highest BCUT2D eigenvalue weighted by molar-refractivity contribution is 6.31. The zero-order valence-electron chi connectivity index (χ0n) is 18.6. The lowest BCUT2D eigenvalue weighted by atomic mass is 9.83. The molecule has 1 N–H and O–H groups in total. The van der Waals surface area contributed by atoms with E-state index in [2.05, 4.69) is 44.4 Å². The number of hydrogen-bond acceptors (Lipinski definition) is 5. The molecule has 0 bridgehead atoms. The lowest BCUT2D eigenvalue weighted by molar-refractivity contribution is -0.126. The number of ether oxygens (including phenoxy) is 1. The maximum atomic E-state index is 13.4. The van der Waals surface area contributed by atoms with E-state index in [4.69, 9.17) is 16.3 Å². The molecule has 7 heteroatoms. The van der Waals surface area contributed by atoms with E-state index in [-0.39, 0.29) is 17.9 Å². The fraction of sp³-hybridized carbons (Fsp3) is 0.308. The van der Waals surface area contributed by atoms with Crippen molar-refractivity contribution in [3.63, 3.8) is 0 Å². The van der Waals surface area contributed by atoms with Crippen LogP contribution < -0.4 is 19.9 Å². The third-order valence-electron chi connectivity index (χ3n) is 6.63. The van der Waals surface area contributed by atoms with E-state index in [1.165, 1.54) is 11.3 Å². The summed E-state index contributed by atoms with van der Waals surface area (Å²) in [5.74, 6) is 0.703. The van der Waals surface area contributed by atoms with Crippen LogP contribution in [0.15, 0.2) is 67.0 Å². The number of nitrogens with one attached hydrogen (secondary N) is 1. The SMILES string of the molecule is COc1ccc(Cl)cc1N1CCN2c3ccccc3C[C@H](C(=O)NCc3cccnc3)[C@H]2C1. The number of benzene rings is 2. The average molecular weight is 463 g/mol. The van der Waals surface area contributed by atoms with Crippen molar-refractivity contribution in [2.75, 3.05) is 36.5 Å². The molecule has 1 amide bonds. The first kappa shape index (κ1) is 21.6. The number of carbonyl (C=O) groups excluding carboxylic acids is 1. The number of rotatable bonds is 5. The Morgan fingerprint density at radius 2 is 2.03 bits per heavy atom. The van der Waals surface area contributed by atoms with Gasteiger partial charge in [-0.05, 0) is 47.9 Å². The van der Waals surface area contributed by atoms with Crippen molar-refractivity contribution in [1.29, 1.82) is 0 Å². The molecule has 0 aliphatic carbocycles. The topological polar surface area (TPSA) is 57.7 Å². The Kier molecular flexibility index (Phi) is 6.09. The minimum atomic E-state index is -0.162. The zero-order chi connectivity index (χ0) is 22.8. The van der Waals surface area contributed by atoms with Gasteiger partial charge in [-0.25, -0.2) is 0 Å². The van der Waals surface area contributed by atoms with Crippen LogP contribution >= 0.6 is 11.6 Å². The first-order valence-electron chi connectivity index (χ1n) is 11.2. The number of nitrogens with zero attached hydrogens (tertiary/aromatic N) is 3. The van der Waals surface area contributed by atoms with Crippen LogP contribution in [0.25, 0.3) is 0 Å². The Hall–Kier alpha value is -3.25. The van der Waals surface area contributed by atoms with E-state index in [0.29, 0.717) is 11.6 Å². The van der Waals surface area contributed by atoms with Crippen LogP contribution in [0.5, 0.6) is 5.75 Å². The van der Waals surface area contributed by atoms with E-state index in [1.807, 2.05) is 30.3 Å². The highest BCUT2D eigenvalue weighted by Gasteiger charge is 2.41. The number of amides is 1. The number of para-hydroxylation sites is 1. The van der Waals surface area contributed by atoms with Gasteiger partial charge in [-0.3, -0.25) is 9.78 Å². The van der Waals surface area contributed by atoms with E-state index >= 15 is 0 Å². The van der Waals surface area contributed by atoms with Gasteiger partial charge >= 0.3 is 0 Å². The number of aromatic nitrogens is 1. The highest BCUT2D eigenvalue weighted by Crippen LogP contribution is 2.39. The number of piperazine rings is 1. The van der Waals surface area contributed by atoms with Crippen LogP contribution in [0.3, 0.4) is 0 Å². The Labute approximate surface area is 199 Å². The van der Waals surface area contributed by atoms with Gasteiger partial charge < -0.3 is 19.9 Å². The lowest BCUT2D eigenvalue weighted by Gasteiger charge is -2.49. The van der Waals surface area contributed by atoms with Gasteiger partial charge in [0, 0.05) is 49.3 Å². The van der Waals surface area contributed by atoms with Crippen molar-refractivity contribution in [1.82, 2.24) is 10.3 Å². The van der Waals surface area contributed by atoms with Gasteiger partial charge in [0.2, 0.25) is 5.91 Å². The summed E-state index contributed by atoms with van der Waals surface area (Å²) < 4.78 is 5.61. The summed E-state index contributed by atoms with van der Waals surface area (Å²) >= 11 is 6.31. The third kappa shape index (κ3) is 4.35. The minimum Gasteiger partial charge on any atom is -0.495 e. The molecule has 0 unspecified atom stereocenters. The van der Waals surface area contributed by atoms with Crippen molar-refractivity contribution >= 4 is 28.9 Å². The molecule has 5 rings (SSSR count). The molecule has 3 heterocycles. The Balaban J connectivity index is 1.42. The minimum absolute atomic E-state index is 0.0474. The number of methoxy groups -OCH3 is 1. The van der Waals surface area contributed by atoms with Crippen LogP contribution in [0.4, 0.5) is 11.4 Å². The van der Waals surface area contributed by atoms with Crippen LogP contribution in [-0.4, -0.2) is 43.7 Å². The third-order valence-corrected chi connectivity index (χ3v) is 6.87. The molecule has 2 aliphatic rings. The first-order valence-corrected chi connectivity index (χ1v) is 11.6. The van der Waals surface area contributed by atoms with E-state index in [9.17, 15) is 4.79 Å². The second kappa shape index (κ2) is 9.32. The number of carbonyl (C=O) groups is 1. The Bertz CT molecular complexity index is 1140. The summed E-state index contributed by atoms with van der Waals surface area (Å²) in [5, 5.41) is 3.82. The molecule has 170 valence electrons. The molecular formula is C26H27ClN4O2. The number of halogens is 1. The van der Waals surface area contributed by atoms with Gasteiger partial charge in [-0.1, -0.05) is 35.9 Å². The highest BCUT2D eigenvalue weighted by atomic mass is 35.5. The van der Waals surface area contributed by atoms with E-state index in [1.54, 1.807) is 19.5 Å². The van der Waals surface area contributed by atoms with Gasteiger partial charge in [0.05, 0.1) is 24.8 Å². The second-order valence-corrected chi connectivity index (χ2v) is 8.98. The summed E-state index contributed by atoms with van der Waals surface area (Å²) in [6.07, 6.45) is 4.25. The Morgan fingerprint density at radius 1 is 1.15 bits per heavy atom. The molecule has 1 aromatic heterocycles. The maximum Gasteiger partial charge on any atom is 0.225 e. The van der Waals surface area contributed by atoms with E-state index in [0.717, 1.165) is 43.1 Å². The number of anilines is 2. The van der Waals surface area contributed by atoms with Crippen molar-refractivity contribution in [3.8, 4) is 5.75 Å². The smallest absolute Gasteiger partial charge is 0.225 e.